The number of hydrogen-bond donors (Lipinski definition) is 4. The maximum Gasteiger partial charge on any atom is 0.109 e. The van der Waals surface area contributed by atoms with Gasteiger partial charge in [0.15, 0.2) is 0 Å². The number of unbranched alkanes of at least 4 members (excludes halogenated alkanes) is 1. The lowest BCUT2D eigenvalue weighted by Crippen LogP contribution is -2.62. The molecule has 0 unspecified atom stereocenters. The number of nitrogens with zero attached hydrogens (tertiary/aromatic N) is 4. The van der Waals surface area contributed by atoms with Crippen LogP contribution in [0.25, 0.3) is 0 Å². The molecule has 0 spiro atoms. The van der Waals surface area contributed by atoms with Crippen LogP contribution in [0.2, 0.25) is 0 Å². The maximum absolute atomic E-state index is 10.1. The second kappa shape index (κ2) is 8.71. The summed E-state index contributed by atoms with van der Waals surface area (Å²) in [5.74, 6) is 2.85. The van der Waals surface area contributed by atoms with Gasteiger partial charge in [0.1, 0.15) is 12.2 Å². The van der Waals surface area contributed by atoms with Crippen molar-refractivity contribution < 1.29 is 20.4 Å². The maximum atomic E-state index is 10.1. The first-order chi connectivity index (χ1) is 14.9. The smallest absolute Gasteiger partial charge is 0.109 e. The molecule has 1 aliphatic heterocycles. The molecule has 1 aromatic heterocycles. The van der Waals surface area contributed by atoms with Crippen LogP contribution in [-0.4, -0.2) is 84.4 Å². The molecule has 5 fully saturated rings. The number of aromatic nitrogens is 3. The fourth-order valence-electron chi connectivity index (χ4n) is 7.61. The summed E-state index contributed by atoms with van der Waals surface area (Å²) in [4.78, 5) is 1.88. The number of likely N-dealkylation sites (tertiary alicyclic amines) is 1. The minimum Gasteiger partial charge on any atom is -0.395 e. The standard InChI is InChI=1S/C23H38N4O4/c28-13-19-21(30)22(31)20(29)12-26(19)4-2-1-3-18-11-27(25-24-18)14-23-8-15-5-16(9-23)7-17(6-15)10-23/h11,15-17,19-22,28-31H,1-10,12-14H2/t15?,16?,17?,19-,20+,21-,22-,23?/m1/s1. The van der Waals surface area contributed by atoms with Gasteiger partial charge >= 0.3 is 0 Å². The molecule has 8 nitrogen and oxygen atoms in total. The van der Waals surface area contributed by atoms with Crippen LogP contribution in [0.4, 0.5) is 0 Å². The topological polar surface area (TPSA) is 115 Å². The quantitative estimate of drug-likeness (QED) is 0.442. The average molecular weight is 435 g/mol. The van der Waals surface area contributed by atoms with Crippen LogP contribution < -0.4 is 0 Å². The van der Waals surface area contributed by atoms with Gasteiger partial charge in [0.25, 0.3) is 0 Å². The molecular weight excluding hydrogens is 396 g/mol. The molecule has 31 heavy (non-hydrogen) atoms. The first-order valence-electron chi connectivity index (χ1n) is 12.2. The van der Waals surface area contributed by atoms with Crippen LogP contribution in [0.5, 0.6) is 0 Å². The van der Waals surface area contributed by atoms with Gasteiger partial charge in [-0.3, -0.25) is 9.58 Å². The predicted octanol–water partition coefficient (Wildman–Crippen LogP) is 0.576. The van der Waals surface area contributed by atoms with E-state index >= 15 is 0 Å². The van der Waals surface area contributed by atoms with Crippen molar-refractivity contribution in [1.82, 2.24) is 19.9 Å². The van der Waals surface area contributed by atoms with E-state index in [2.05, 4.69) is 21.2 Å². The Labute approximate surface area is 184 Å². The third kappa shape index (κ3) is 4.42. The second-order valence-corrected chi connectivity index (χ2v) is 11.1. The van der Waals surface area contributed by atoms with Crippen molar-refractivity contribution in [2.75, 3.05) is 19.7 Å². The Morgan fingerprint density at radius 1 is 0.968 bits per heavy atom. The van der Waals surface area contributed by atoms with Gasteiger partial charge in [0.05, 0.1) is 24.4 Å². The van der Waals surface area contributed by atoms with E-state index in [0.717, 1.165) is 49.3 Å². The monoisotopic (exact) mass is 434 g/mol. The van der Waals surface area contributed by atoms with Crippen molar-refractivity contribution in [3.63, 3.8) is 0 Å². The summed E-state index contributed by atoms with van der Waals surface area (Å²) in [6.07, 6.45) is 9.99. The summed E-state index contributed by atoms with van der Waals surface area (Å²) in [6.45, 7) is 1.72. The first-order valence-corrected chi connectivity index (χ1v) is 12.2. The summed E-state index contributed by atoms with van der Waals surface area (Å²) in [5, 5.41) is 48.3. The van der Waals surface area contributed by atoms with Crippen LogP contribution in [0.3, 0.4) is 0 Å². The lowest BCUT2D eigenvalue weighted by atomic mass is 9.49. The van der Waals surface area contributed by atoms with Gasteiger partial charge in [0.2, 0.25) is 0 Å². The van der Waals surface area contributed by atoms with Crippen molar-refractivity contribution in [2.45, 2.75) is 88.7 Å². The third-order valence-electron chi connectivity index (χ3n) is 8.59. The van der Waals surface area contributed by atoms with Gasteiger partial charge in [-0.1, -0.05) is 5.21 Å². The highest BCUT2D eigenvalue weighted by molar-refractivity contribution is 5.02. The van der Waals surface area contributed by atoms with Crippen LogP contribution in [0.15, 0.2) is 6.20 Å². The molecule has 1 saturated heterocycles. The van der Waals surface area contributed by atoms with Crippen LogP contribution in [-0.2, 0) is 13.0 Å². The van der Waals surface area contributed by atoms with E-state index in [4.69, 9.17) is 0 Å². The predicted molar refractivity (Wildman–Crippen MR) is 114 cm³/mol. The fourth-order valence-corrected chi connectivity index (χ4v) is 7.61. The van der Waals surface area contributed by atoms with Gasteiger partial charge in [-0.2, -0.15) is 0 Å². The largest absolute Gasteiger partial charge is 0.395 e. The van der Waals surface area contributed by atoms with E-state index in [-0.39, 0.29) is 13.2 Å². The normalized spacial score (nSPS) is 42.4. The summed E-state index contributed by atoms with van der Waals surface area (Å²) in [5.41, 5.74) is 1.48. The highest BCUT2D eigenvalue weighted by atomic mass is 16.4. The van der Waals surface area contributed by atoms with Crippen molar-refractivity contribution >= 4 is 0 Å². The molecule has 2 heterocycles. The number of piperidine rings is 1. The number of aliphatic hydroxyl groups is 4. The molecule has 4 N–H and O–H groups in total. The Kier molecular flexibility index (Phi) is 6.11. The second-order valence-electron chi connectivity index (χ2n) is 11.1. The van der Waals surface area contributed by atoms with Gasteiger partial charge in [-0.05, 0) is 87.5 Å². The van der Waals surface area contributed by atoms with Crippen molar-refractivity contribution in [2.24, 2.45) is 23.2 Å². The van der Waals surface area contributed by atoms with Gasteiger partial charge < -0.3 is 20.4 Å². The molecule has 5 aliphatic rings. The zero-order chi connectivity index (χ0) is 21.6. The van der Waals surface area contributed by atoms with Crippen molar-refractivity contribution in [3.05, 3.63) is 11.9 Å². The Balaban J connectivity index is 1.10. The van der Waals surface area contributed by atoms with Gasteiger partial charge in [-0.25, -0.2) is 0 Å². The Bertz CT molecular complexity index is 720. The number of hydrogen-bond acceptors (Lipinski definition) is 7. The Morgan fingerprint density at radius 2 is 1.65 bits per heavy atom. The first kappa shape index (κ1) is 21.8. The van der Waals surface area contributed by atoms with E-state index in [0.29, 0.717) is 12.0 Å². The summed E-state index contributed by atoms with van der Waals surface area (Å²) >= 11 is 0. The minimum absolute atomic E-state index is 0.233. The van der Waals surface area contributed by atoms with Crippen LogP contribution in [0.1, 0.15) is 57.1 Å². The fraction of sp³-hybridized carbons (Fsp3) is 0.913. The number of rotatable bonds is 8. The molecule has 0 amide bonds. The highest BCUT2D eigenvalue weighted by Crippen LogP contribution is 2.60. The molecule has 0 aromatic carbocycles. The zero-order valence-corrected chi connectivity index (χ0v) is 18.4. The van der Waals surface area contributed by atoms with E-state index in [1.807, 2.05) is 4.90 Å². The molecule has 1 aromatic rings. The molecule has 0 radical (unpaired) electrons. The molecule has 6 rings (SSSR count). The molecular formula is C23H38N4O4. The molecule has 174 valence electrons. The Morgan fingerprint density at radius 3 is 2.29 bits per heavy atom. The van der Waals surface area contributed by atoms with Gasteiger partial charge in [0, 0.05) is 19.3 Å². The molecule has 8 heteroatoms. The van der Waals surface area contributed by atoms with E-state index < -0.39 is 24.4 Å². The highest BCUT2D eigenvalue weighted by Gasteiger charge is 2.51. The van der Waals surface area contributed by atoms with Crippen LogP contribution >= 0.6 is 0 Å². The SMILES string of the molecule is OC[C@@H]1[C@@H](O)[C@H](O)[C@@H](O)CN1CCCCc1cn(CC23CC4CC(CC(C4)C2)C3)nn1. The van der Waals surface area contributed by atoms with E-state index in [1.165, 1.54) is 38.5 Å². The summed E-state index contributed by atoms with van der Waals surface area (Å²) < 4.78 is 2.09. The number of β-amino-alcohol motifs (C(OH)–C–C–N with tert-alkyl or cyclic N) is 1. The Hall–Kier alpha value is -1.06. The molecule has 4 aliphatic carbocycles. The van der Waals surface area contributed by atoms with E-state index in [9.17, 15) is 20.4 Å². The molecule has 4 saturated carbocycles. The number of aliphatic hydroxyl groups excluding tert-OH is 4. The van der Waals surface area contributed by atoms with Crippen molar-refractivity contribution in [1.29, 1.82) is 0 Å². The lowest BCUT2D eigenvalue weighted by molar-refractivity contribution is -0.145. The summed E-state index contributed by atoms with van der Waals surface area (Å²) in [7, 11) is 0. The summed E-state index contributed by atoms with van der Waals surface area (Å²) in [6, 6.07) is -0.528. The minimum atomic E-state index is -1.20. The zero-order valence-electron chi connectivity index (χ0n) is 18.4. The molecule has 4 bridgehead atoms. The van der Waals surface area contributed by atoms with Crippen LogP contribution in [0, 0.1) is 23.2 Å². The average Bonchev–Trinajstić information content (AvgIpc) is 3.15. The van der Waals surface area contributed by atoms with Crippen molar-refractivity contribution in [3.8, 4) is 0 Å². The van der Waals surface area contributed by atoms with Gasteiger partial charge in [-0.15, -0.1) is 5.10 Å². The molecule has 4 atom stereocenters. The van der Waals surface area contributed by atoms with E-state index in [1.54, 1.807) is 0 Å². The number of aryl methyl sites for hydroxylation is 1. The lowest BCUT2D eigenvalue weighted by Gasteiger charge is -2.56. The third-order valence-corrected chi connectivity index (χ3v) is 8.59.